The van der Waals surface area contributed by atoms with Crippen LogP contribution >= 0.6 is 11.6 Å². The van der Waals surface area contributed by atoms with Gasteiger partial charge >= 0.3 is 6.03 Å². The molecular weight excluding hydrogens is 314 g/mol. The van der Waals surface area contributed by atoms with Gasteiger partial charge in [0.2, 0.25) is 0 Å². The van der Waals surface area contributed by atoms with E-state index in [0.717, 1.165) is 11.3 Å². The quantitative estimate of drug-likeness (QED) is 0.850. The van der Waals surface area contributed by atoms with Gasteiger partial charge in [-0.05, 0) is 30.7 Å². The van der Waals surface area contributed by atoms with Gasteiger partial charge in [0.05, 0.1) is 17.3 Å². The Balaban J connectivity index is 1.58. The lowest BCUT2D eigenvalue weighted by Gasteiger charge is -2.38. The lowest BCUT2D eigenvalue weighted by atomic mass is 10.1. The number of benzene rings is 2. The molecule has 118 valence electrons. The van der Waals surface area contributed by atoms with Crippen molar-refractivity contribution < 1.29 is 9.59 Å². The predicted octanol–water partition coefficient (Wildman–Crippen LogP) is 3.19. The SMILES string of the molecule is Cc1cccc(NC(=O)N[C@H]2CN(c3ccccc3)C2=O)c1Cl. The third-order valence-corrected chi connectivity index (χ3v) is 4.24. The number of rotatable bonds is 3. The van der Waals surface area contributed by atoms with Crippen LogP contribution in [0.5, 0.6) is 0 Å². The number of aryl methyl sites for hydroxylation is 1. The Labute approximate surface area is 139 Å². The number of nitrogens with one attached hydrogen (secondary N) is 2. The van der Waals surface area contributed by atoms with Crippen LogP contribution in [0.2, 0.25) is 5.02 Å². The molecule has 1 saturated heterocycles. The minimum Gasteiger partial charge on any atom is -0.324 e. The van der Waals surface area contributed by atoms with Crippen molar-refractivity contribution in [2.24, 2.45) is 0 Å². The van der Waals surface area contributed by atoms with E-state index in [2.05, 4.69) is 10.6 Å². The third kappa shape index (κ3) is 3.14. The standard InChI is InChI=1S/C17H16ClN3O2/c1-11-6-5-9-13(15(11)18)19-17(23)20-14-10-21(16(14)22)12-7-3-2-4-8-12/h2-9,14H,10H2,1H3,(H2,19,20,23)/t14-/m0/s1. The average Bonchev–Trinajstić information content (AvgIpc) is 2.56. The van der Waals surface area contributed by atoms with Crippen LogP contribution in [0.4, 0.5) is 16.2 Å². The zero-order valence-electron chi connectivity index (χ0n) is 12.5. The molecule has 1 fully saturated rings. The summed E-state index contributed by atoms with van der Waals surface area (Å²) in [4.78, 5) is 25.8. The van der Waals surface area contributed by atoms with Crippen LogP contribution in [-0.2, 0) is 4.79 Å². The lowest BCUT2D eigenvalue weighted by Crippen LogP contribution is -2.64. The van der Waals surface area contributed by atoms with E-state index in [9.17, 15) is 9.59 Å². The first-order valence-corrected chi connectivity index (χ1v) is 7.63. The van der Waals surface area contributed by atoms with Gasteiger partial charge in [-0.3, -0.25) is 4.79 Å². The first-order valence-electron chi connectivity index (χ1n) is 7.25. The highest BCUT2D eigenvalue weighted by atomic mass is 35.5. The number of urea groups is 1. The van der Waals surface area contributed by atoms with Gasteiger partial charge in [0, 0.05) is 5.69 Å². The molecule has 5 nitrogen and oxygen atoms in total. The van der Waals surface area contributed by atoms with Crippen LogP contribution in [0, 0.1) is 6.92 Å². The number of anilines is 2. The Morgan fingerprint density at radius 2 is 1.91 bits per heavy atom. The van der Waals surface area contributed by atoms with E-state index in [1.54, 1.807) is 11.0 Å². The molecule has 6 heteroatoms. The number of hydrogen-bond acceptors (Lipinski definition) is 2. The zero-order valence-corrected chi connectivity index (χ0v) is 13.3. The predicted molar refractivity (Wildman–Crippen MR) is 90.9 cm³/mol. The Morgan fingerprint density at radius 1 is 1.17 bits per heavy atom. The molecule has 1 aliphatic rings. The number of β-lactam (4-membered cyclic amide) rings is 1. The summed E-state index contributed by atoms with van der Waals surface area (Å²) < 4.78 is 0. The second-order valence-electron chi connectivity index (χ2n) is 5.37. The van der Waals surface area contributed by atoms with Gasteiger partial charge in [-0.15, -0.1) is 0 Å². The number of para-hydroxylation sites is 1. The molecule has 2 aromatic carbocycles. The fourth-order valence-electron chi connectivity index (χ4n) is 2.43. The normalized spacial score (nSPS) is 16.7. The summed E-state index contributed by atoms with van der Waals surface area (Å²) in [5.41, 5.74) is 2.23. The van der Waals surface area contributed by atoms with E-state index in [4.69, 9.17) is 11.6 Å². The van der Waals surface area contributed by atoms with Crippen molar-refractivity contribution in [3.05, 3.63) is 59.1 Å². The maximum Gasteiger partial charge on any atom is 0.319 e. The van der Waals surface area contributed by atoms with Crippen LogP contribution in [0.1, 0.15) is 5.56 Å². The molecule has 0 aromatic heterocycles. The molecule has 23 heavy (non-hydrogen) atoms. The highest BCUT2D eigenvalue weighted by Crippen LogP contribution is 2.25. The second kappa shape index (κ2) is 6.30. The number of carbonyl (C=O) groups excluding carboxylic acids is 2. The summed E-state index contributed by atoms with van der Waals surface area (Å²) in [5, 5.41) is 5.83. The number of hydrogen-bond donors (Lipinski definition) is 2. The van der Waals surface area contributed by atoms with Crippen LogP contribution in [-0.4, -0.2) is 24.5 Å². The van der Waals surface area contributed by atoms with E-state index in [0.29, 0.717) is 17.3 Å². The lowest BCUT2D eigenvalue weighted by molar-refractivity contribution is -0.124. The molecule has 2 N–H and O–H groups in total. The highest BCUT2D eigenvalue weighted by molar-refractivity contribution is 6.34. The van der Waals surface area contributed by atoms with Crippen molar-refractivity contribution in [3.63, 3.8) is 0 Å². The smallest absolute Gasteiger partial charge is 0.319 e. The Bertz CT molecular complexity index is 749. The van der Waals surface area contributed by atoms with Gasteiger partial charge in [-0.25, -0.2) is 4.79 Å². The van der Waals surface area contributed by atoms with Crippen molar-refractivity contribution in [2.75, 3.05) is 16.8 Å². The van der Waals surface area contributed by atoms with Gasteiger partial charge in [-0.2, -0.15) is 0 Å². The Kier molecular flexibility index (Phi) is 4.21. The molecule has 0 radical (unpaired) electrons. The monoisotopic (exact) mass is 329 g/mol. The molecule has 0 bridgehead atoms. The molecular formula is C17H16ClN3O2. The van der Waals surface area contributed by atoms with Gasteiger partial charge in [0.1, 0.15) is 6.04 Å². The van der Waals surface area contributed by atoms with Gasteiger partial charge in [0.15, 0.2) is 0 Å². The van der Waals surface area contributed by atoms with E-state index in [1.807, 2.05) is 49.4 Å². The highest BCUT2D eigenvalue weighted by Gasteiger charge is 2.38. The number of nitrogens with zero attached hydrogens (tertiary/aromatic N) is 1. The third-order valence-electron chi connectivity index (χ3n) is 3.74. The van der Waals surface area contributed by atoms with E-state index in [-0.39, 0.29) is 5.91 Å². The van der Waals surface area contributed by atoms with Gasteiger partial charge in [0.25, 0.3) is 5.91 Å². The summed E-state index contributed by atoms with van der Waals surface area (Å²) in [6.45, 7) is 2.32. The topological polar surface area (TPSA) is 61.4 Å². The first-order chi connectivity index (χ1) is 11.1. The minimum absolute atomic E-state index is 0.123. The largest absolute Gasteiger partial charge is 0.324 e. The molecule has 0 unspecified atom stereocenters. The molecule has 3 amide bonds. The number of carbonyl (C=O) groups is 2. The molecule has 3 rings (SSSR count). The number of amides is 3. The summed E-state index contributed by atoms with van der Waals surface area (Å²) in [6.07, 6.45) is 0. The molecule has 0 saturated carbocycles. The summed E-state index contributed by atoms with van der Waals surface area (Å²) in [6, 6.07) is 13.8. The zero-order chi connectivity index (χ0) is 16.4. The van der Waals surface area contributed by atoms with Crippen molar-refractivity contribution >= 4 is 34.9 Å². The Morgan fingerprint density at radius 3 is 2.61 bits per heavy atom. The van der Waals surface area contributed by atoms with E-state index in [1.165, 1.54) is 0 Å². The van der Waals surface area contributed by atoms with Crippen molar-refractivity contribution in [1.82, 2.24) is 5.32 Å². The van der Waals surface area contributed by atoms with Crippen LogP contribution in [0.15, 0.2) is 48.5 Å². The van der Waals surface area contributed by atoms with Crippen molar-refractivity contribution in [3.8, 4) is 0 Å². The molecule has 1 aliphatic heterocycles. The second-order valence-corrected chi connectivity index (χ2v) is 5.75. The van der Waals surface area contributed by atoms with Gasteiger partial charge in [-0.1, -0.05) is 41.9 Å². The van der Waals surface area contributed by atoms with E-state index < -0.39 is 12.1 Å². The fourth-order valence-corrected chi connectivity index (χ4v) is 2.61. The fraction of sp³-hybridized carbons (Fsp3) is 0.176. The first kappa shape index (κ1) is 15.4. The van der Waals surface area contributed by atoms with Crippen LogP contribution in [0.3, 0.4) is 0 Å². The summed E-state index contributed by atoms with van der Waals surface area (Å²) >= 11 is 6.14. The van der Waals surface area contributed by atoms with Crippen LogP contribution in [0.25, 0.3) is 0 Å². The average molecular weight is 330 g/mol. The number of halogens is 1. The molecule has 0 spiro atoms. The van der Waals surface area contributed by atoms with Crippen LogP contribution < -0.4 is 15.5 Å². The van der Waals surface area contributed by atoms with Gasteiger partial charge < -0.3 is 15.5 Å². The Hall–Kier alpha value is -2.53. The summed E-state index contributed by atoms with van der Waals surface area (Å²) in [7, 11) is 0. The maximum absolute atomic E-state index is 12.1. The van der Waals surface area contributed by atoms with E-state index >= 15 is 0 Å². The van der Waals surface area contributed by atoms with Crippen molar-refractivity contribution in [1.29, 1.82) is 0 Å². The van der Waals surface area contributed by atoms with Crippen molar-refractivity contribution in [2.45, 2.75) is 13.0 Å². The molecule has 1 atom stereocenters. The molecule has 1 heterocycles. The maximum atomic E-state index is 12.1. The molecule has 2 aromatic rings. The summed E-state index contributed by atoms with van der Waals surface area (Å²) in [5.74, 6) is -0.123. The minimum atomic E-state index is -0.515. The molecule has 0 aliphatic carbocycles.